The molecule has 1 atom stereocenters. The number of amides is 2. The highest BCUT2D eigenvalue weighted by atomic mass is 19.1. The van der Waals surface area contributed by atoms with Gasteiger partial charge in [-0.3, -0.25) is 9.59 Å². The van der Waals surface area contributed by atoms with E-state index in [1.807, 2.05) is 0 Å². The van der Waals surface area contributed by atoms with Gasteiger partial charge in [0.25, 0.3) is 5.91 Å². The molecule has 3 rings (SSSR count). The number of likely N-dealkylation sites (tertiary alicyclic amines) is 1. The largest absolute Gasteiger partial charge is 0.360 e. The topological polar surface area (TPSA) is 75.4 Å². The Hall–Kier alpha value is -2.70. The molecule has 0 unspecified atom stereocenters. The summed E-state index contributed by atoms with van der Waals surface area (Å²) >= 11 is 0. The van der Waals surface area contributed by atoms with Crippen LogP contribution in [0.3, 0.4) is 0 Å². The van der Waals surface area contributed by atoms with Gasteiger partial charge in [0.2, 0.25) is 5.91 Å². The predicted octanol–water partition coefficient (Wildman–Crippen LogP) is 2.92. The van der Waals surface area contributed by atoms with Crippen molar-refractivity contribution in [3.05, 3.63) is 41.4 Å². The number of halogens is 1. The van der Waals surface area contributed by atoms with E-state index >= 15 is 0 Å². The lowest BCUT2D eigenvalue weighted by Gasteiger charge is -2.29. The standard InChI is InChI=1S/C19H22FN3O3/c1-12(19(25)23-10-4-3-5-11-23)21-18(24)16-13(2)26-22-17(16)14-6-8-15(20)9-7-14/h6-9,12H,3-5,10-11H2,1-2H3,(H,21,24)/t12-/m1/s1. The molecule has 0 spiro atoms. The SMILES string of the molecule is Cc1onc(-c2ccc(F)cc2)c1C(=O)N[C@H](C)C(=O)N1CCCCC1. The summed E-state index contributed by atoms with van der Waals surface area (Å²) in [5, 5.41) is 6.66. The van der Waals surface area contributed by atoms with Crippen LogP contribution in [-0.2, 0) is 4.79 Å². The number of nitrogens with zero attached hydrogens (tertiary/aromatic N) is 2. The summed E-state index contributed by atoms with van der Waals surface area (Å²) in [6, 6.07) is 5.01. The number of hydrogen-bond acceptors (Lipinski definition) is 4. The quantitative estimate of drug-likeness (QED) is 0.911. The Morgan fingerprint density at radius 3 is 2.50 bits per heavy atom. The molecule has 2 heterocycles. The third-order valence-corrected chi connectivity index (χ3v) is 4.59. The monoisotopic (exact) mass is 359 g/mol. The first-order chi connectivity index (χ1) is 12.5. The first-order valence-corrected chi connectivity index (χ1v) is 8.79. The van der Waals surface area contributed by atoms with Crippen LogP contribution in [0.15, 0.2) is 28.8 Å². The Morgan fingerprint density at radius 1 is 1.19 bits per heavy atom. The van der Waals surface area contributed by atoms with Crippen LogP contribution in [0, 0.1) is 12.7 Å². The normalized spacial score (nSPS) is 15.6. The van der Waals surface area contributed by atoms with Crippen LogP contribution in [0.4, 0.5) is 4.39 Å². The highest BCUT2D eigenvalue weighted by Crippen LogP contribution is 2.25. The lowest BCUT2D eigenvalue weighted by atomic mass is 10.0. The predicted molar refractivity (Wildman–Crippen MR) is 94.0 cm³/mol. The average Bonchev–Trinajstić information content (AvgIpc) is 3.04. The molecule has 1 fully saturated rings. The van der Waals surface area contributed by atoms with Crippen molar-refractivity contribution in [3.8, 4) is 11.3 Å². The van der Waals surface area contributed by atoms with Gasteiger partial charge in [-0.05, 0) is 57.4 Å². The first kappa shape index (κ1) is 18.1. The van der Waals surface area contributed by atoms with Crippen molar-refractivity contribution < 1.29 is 18.5 Å². The zero-order valence-electron chi connectivity index (χ0n) is 14.9. The Bertz CT molecular complexity index is 795. The van der Waals surface area contributed by atoms with Gasteiger partial charge in [-0.1, -0.05) is 5.16 Å². The van der Waals surface area contributed by atoms with Crippen LogP contribution in [0.1, 0.15) is 42.3 Å². The van der Waals surface area contributed by atoms with Gasteiger partial charge in [-0.2, -0.15) is 0 Å². The molecular formula is C19H22FN3O3. The fourth-order valence-corrected chi connectivity index (χ4v) is 3.16. The number of carbonyl (C=O) groups is 2. The molecular weight excluding hydrogens is 337 g/mol. The molecule has 1 aliphatic heterocycles. The lowest BCUT2D eigenvalue weighted by molar-refractivity contribution is -0.133. The van der Waals surface area contributed by atoms with Crippen molar-refractivity contribution in [1.82, 2.24) is 15.4 Å². The first-order valence-electron chi connectivity index (χ1n) is 8.79. The van der Waals surface area contributed by atoms with E-state index in [4.69, 9.17) is 4.52 Å². The van der Waals surface area contributed by atoms with E-state index in [0.29, 0.717) is 17.0 Å². The summed E-state index contributed by atoms with van der Waals surface area (Å²) in [5.41, 5.74) is 1.16. The van der Waals surface area contributed by atoms with Gasteiger partial charge in [0, 0.05) is 18.7 Å². The maximum atomic E-state index is 13.1. The van der Waals surface area contributed by atoms with Crippen LogP contribution in [0.25, 0.3) is 11.3 Å². The number of hydrogen-bond donors (Lipinski definition) is 1. The molecule has 1 aromatic heterocycles. The summed E-state index contributed by atoms with van der Waals surface area (Å²) in [7, 11) is 0. The third kappa shape index (κ3) is 3.76. The van der Waals surface area contributed by atoms with Crippen LogP contribution < -0.4 is 5.32 Å². The molecule has 0 radical (unpaired) electrons. The minimum absolute atomic E-state index is 0.0875. The van der Waals surface area contributed by atoms with E-state index in [1.54, 1.807) is 18.7 Å². The minimum Gasteiger partial charge on any atom is -0.360 e. The number of benzene rings is 1. The number of aryl methyl sites for hydroxylation is 1. The van der Waals surface area contributed by atoms with E-state index in [2.05, 4.69) is 10.5 Å². The van der Waals surface area contributed by atoms with Gasteiger partial charge in [0.1, 0.15) is 28.9 Å². The maximum absolute atomic E-state index is 13.1. The van der Waals surface area contributed by atoms with Gasteiger partial charge in [0.05, 0.1) is 0 Å². The Balaban J connectivity index is 1.76. The number of nitrogens with one attached hydrogen (secondary N) is 1. The summed E-state index contributed by atoms with van der Waals surface area (Å²) in [6.07, 6.45) is 3.11. The molecule has 7 heteroatoms. The van der Waals surface area contributed by atoms with E-state index in [1.165, 1.54) is 24.3 Å². The van der Waals surface area contributed by atoms with E-state index in [9.17, 15) is 14.0 Å². The second-order valence-electron chi connectivity index (χ2n) is 6.55. The minimum atomic E-state index is -0.643. The number of rotatable bonds is 4. The highest BCUT2D eigenvalue weighted by molar-refractivity contribution is 6.02. The van der Waals surface area contributed by atoms with Gasteiger partial charge >= 0.3 is 0 Å². The van der Waals surface area contributed by atoms with E-state index < -0.39 is 11.9 Å². The number of carbonyl (C=O) groups excluding carboxylic acids is 2. The molecule has 138 valence electrons. The summed E-state index contributed by atoms with van der Waals surface area (Å²) in [5.74, 6) is -0.545. The van der Waals surface area contributed by atoms with Crippen LogP contribution in [0.2, 0.25) is 0 Å². The van der Waals surface area contributed by atoms with Gasteiger partial charge in [-0.15, -0.1) is 0 Å². The van der Waals surface area contributed by atoms with Gasteiger partial charge in [0.15, 0.2) is 0 Å². The molecule has 1 aliphatic rings. The van der Waals surface area contributed by atoms with Crippen LogP contribution >= 0.6 is 0 Å². The maximum Gasteiger partial charge on any atom is 0.257 e. The second-order valence-corrected chi connectivity index (χ2v) is 6.55. The summed E-state index contributed by atoms with van der Waals surface area (Å²) in [4.78, 5) is 27.0. The van der Waals surface area contributed by atoms with Crippen LogP contribution in [-0.4, -0.2) is 41.0 Å². The smallest absolute Gasteiger partial charge is 0.257 e. The molecule has 6 nitrogen and oxygen atoms in total. The second kappa shape index (κ2) is 7.68. The zero-order valence-corrected chi connectivity index (χ0v) is 14.9. The fourth-order valence-electron chi connectivity index (χ4n) is 3.16. The van der Waals surface area contributed by atoms with Crippen molar-refractivity contribution in [2.24, 2.45) is 0 Å². The van der Waals surface area contributed by atoms with Crippen molar-refractivity contribution in [3.63, 3.8) is 0 Å². The Morgan fingerprint density at radius 2 is 1.85 bits per heavy atom. The molecule has 2 amide bonds. The summed E-state index contributed by atoms with van der Waals surface area (Å²) in [6.45, 7) is 4.76. The summed E-state index contributed by atoms with van der Waals surface area (Å²) < 4.78 is 18.3. The molecule has 0 aliphatic carbocycles. The molecule has 2 aromatic rings. The third-order valence-electron chi connectivity index (χ3n) is 4.59. The molecule has 26 heavy (non-hydrogen) atoms. The average molecular weight is 359 g/mol. The van der Waals surface area contributed by atoms with Crippen molar-refractivity contribution in [1.29, 1.82) is 0 Å². The van der Waals surface area contributed by atoms with E-state index in [0.717, 1.165) is 32.4 Å². The van der Waals surface area contributed by atoms with E-state index in [-0.39, 0.29) is 17.3 Å². The number of aromatic nitrogens is 1. The van der Waals surface area contributed by atoms with Crippen molar-refractivity contribution >= 4 is 11.8 Å². The number of piperidine rings is 1. The van der Waals surface area contributed by atoms with Crippen LogP contribution in [0.5, 0.6) is 0 Å². The van der Waals surface area contributed by atoms with Crippen molar-refractivity contribution in [2.75, 3.05) is 13.1 Å². The Labute approximate surface area is 151 Å². The molecule has 1 saturated heterocycles. The van der Waals surface area contributed by atoms with Gasteiger partial charge < -0.3 is 14.7 Å². The van der Waals surface area contributed by atoms with Crippen molar-refractivity contribution in [2.45, 2.75) is 39.2 Å². The van der Waals surface area contributed by atoms with Gasteiger partial charge in [-0.25, -0.2) is 4.39 Å². The fraction of sp³-hybridized carbons (Fsp3) is 0.421. The molecule has 0 bridgehead atoms. The lowest BCUT2D eigenvalue weighted by Crippen LogP contribution is -2.48. The molecule has 1 aromatic carbocycles. The molecule has 1 N–H and O–H groups in total. The Kier molecular flexibility index (Phi) is 5.35. The zero-order chi connectivity index (χ0) is 18.7. The molecule has 0 saturated carbocycles. The highest BCUT2D eigenvalue weighted by Gasteiger charge is 2.27.